The average Bonchev–Trinajstić information content (AvgIpc) is 3.38. The highest BCUT2D eigenvalue weighted by Crippen LogP contribution is 2.32. The molecular formula is C31H30N4O4S. The Hall–Kier alpha value is -4.42. The van der Waals surface area contributed by atoms with Gasteiger partial charge in [0.15, 0.2) is 0 Å². The number of hydrogen-bond acceptors (Lipinski definition) is 7. The van der Waals surface area contributed by atoms with Gasteiger partial charge in [-0.15, -0.1) is 11.8 Å². The number of benzene rings is 2. The van der Waals surface area contributed by atoms with Crippen LogP contribution >= 0.6 is 11.8 Å². The van der Waals surface area contributed by atoms with Crippen molar-refractivity contribution in [2.45, 2.75) is 38.5 Å². The Kier molecular flexibility index (Phi) is 9.35. The summed E-state index contributed by atoms with van der Waals surface area (Å²) in [6.45, 7) is 4.70. The van der Waals surface area contributed by atoms with Gasteiger partial charge in [-0.1, -0.05) is 43.7 Å². The average molecular weight is 555 g/mol. The van der Waals surface area contributed by atoms with Gasteiger partial charge >= 0.3 is 5.97 Å². The fraction of sp³-hybridized carbons (Fsp3) is 0.258. The molecule has 0 unspecified atom stereocenters. The Morgan fingerprint density at radius 1 is 1.10 bits per heavy atom. The number of para-hydroxylation sites is 1. The second-order valence-corrected chi connectivity index (χ2v) is 10.4. The number of imide groups is 1. The number of carbonyl (C=O) groups excluding carboxylic acids is 3. The number of nitrogens with zero attached hydrogens (tertiary/aromatic N) is 4. The smallest absolute Gasteiger partial charge is 0.302 e. The van der Waals surface area contributed by atoms with Crippen molar-refractivity contribution in [1.82, 2.24) is 14.7 Å². The Balaban J connectivity index is 1.78. The minimum Gasteiger partial charge on any atom is -0.464 e. The van der Waals surface area contributed by atoms with E-state index in [9.17, 15) is 19.6 Å². The fourth-order valence-electron chi connectivity index (χ4n) is 4.24. The summed E-state index contributed by atoms with van der Waals surface area (Å²) < 4.78 is 6.68. The number of nitriles is 1. The first-order valence-corrected chi connectivity index (χ1v) is 14.0. The van der Waals surface area contributed by atoms with E-state index in [1.807, 2.05) is 66.5 Å². The summed E-state index contributed by atoms with van der Waals surface area (Å²) in [7, 11) is 0. The Bertz CT molecular complexity index is 1510. The summed E-state index contributed by atoms with van der Waals surface area (Å²) in [5.74, 6) is -0.731. The van der Waals surface area contributed by atoms with Gasteiger partial charge in [0.05, 0.1) is 17.9 Å². The van der Waals surface area contributed by atoms with Crippen LogP contribution in [0.1, 0.15) is 39.2 Å². The fourth-order valence-corrected chi connectivity index (χ4v) is 5.24. The van der Waals surface area contributed by atoms with Crippen molar-refractivity contribution in [2.75, 3.05) is 18.9 Å². The van der Waals surface area contributed by atoms with E-state index < -0.39 is 17.8 Å². The number of esters is 1. The topological polar surface area (TPSA) is 105 Å². The highest BCUT2D eigenvalue weighted by atomic mass is 32.2. The monoisotopic (exact) mass is 554 g/mol. The third-order valence-electron chi connectivity index (χ3n) is 6.40. The van der Waals surface area contributed by atoms with Crippen LogP contribution in [-0.2, 0) is 19.1 Å². The van der Waals surface area contributed by atoms with Crippen molar-refractivity contribution in [1.29, 1.82) is 5.26 Å². The van der Waals surface area contributed by atoms with E-state index >= 15 is 0 Å². The molecule has 0 radical (unpaired) electrons. The van der Waals surface area contributed by atoms with Gasteiger partial charge < -0.3 is 4.74 Å². The zero-order valence-corrected chi connectivity index (χ0v) is 23.5. The van der Waals surface area contributed by atoms with Crippen molar-refractivity contribution in [3.05, 3.63) is 83.1 Å². The predicted molar refractivity (Wildman–Crippen MR) is 154 cm³/mol. The standard InChI is InChI=1S/C31H30N4O4S/c1-4-5-17-40-26-13-11-23(12-14-26)29-24(20-35(33-29)25-9-7-6-8-10-25)18-27-21(2)28(19-32)31(38)34(30(27)37)15-16-39-22(3)36/h6-14,18,20H,4-5,15-17H2,1-3H3/b27-18+. The summed E-state index contributed by atoms with van der Waals surface area (Å²) in [5.41, 5.74) is 3.40. The van der Waals surface area contributed by atoms with Crippen molar-refractivity contribution < 1.29 is 19.1 Å². The van der Waals surface area contributed by atoms with Crippen LogP contribution in [0.4, 0.5) is 0 Å². The van der Waals surface area contributed by atoms with Gasteiger partial charge in [0, 0.05) is 34.7 Å². The number of unbranched alkanes of at least 4 members (excludes halogenated alkanes) is 1. The third-order valence-corrected chi connectivity index (χ3v) is 7.50. The second kappa shape index (κ2) is 13.1. The zero-order valence-electron chi connectivity index (χ0n) is 22.7. The number of ether oxygens (including phenoxy) is 1. The maximum Gasteiger partial charge on any atom is 0.302 e. The van der Waals surface area contributed by atoms with Gasteiger partial charge in [-0.05, 0) is 55.0 Å². The quantitative estimate of drug-likeness (QED) is 0.106. The number of carbonyl (C=O) groups is 3. The maximum absolute atomic E-state index is 13.5. The summed E-state index contributed by atoms with van der Waals surface area (Å²) >= 11 is 1.81. The molecule has 204 valence electrons. The summed E-state index contributed by atoms with van der Waals surface area (Å²) in [4.78, 5) is 39.7. The molecule has 0 fully saturated rings. The Morgan fingerprint density at radius 2 is 1.82 bits per heavy atom. The van der Waals surface area contributed by atoms with Gasteiger partial charge in [-0.3, -0.25) is 19.3 Å². The van der Waals surface area contributed by atoms with Crippen LogP contribution in [0.15, 0.2) is 82.4 Å². The molecule has 8 nitrogen and oxygen atoms in total. The summed E-state index contributed by atoms with van der Waals surface area (Å²) in [6, 6.07) is 19.7. The van der Waals surface area contributed by atoms with Crippen molar-refractivity contribution in [3.8, 4) is 23.0 Å². The molecule has 0 aliphatic carbocycles. The molecule has 0 bridgehead atoms. The lowest BCUT2D eigenvalue weighted by Crippen LogP contribution is -2.44. The molecule has 0 atom stereocenters. The van der Waals surface area contributed by atoms with Crippen LogP contribution in [0.25, 0.3) is 23.0 Å². The Morgan fingerprint density at radius 3 is 2.48 bits per heavy atom. The van der Waals surface area contributed by atoms with E-state index in [0.29, 0.717) is 16.8 Å². The van der Waals surface area contributed by atoms with Gasteiger partial charge in [-0.25, -0.2) is 4.68 Å². The first-order chi connectivity index (χ1) is 19.3. The lowest BCUT2D eigenvalue weighted by Gasteiger charge is -2.27. The van der Waals surface area contributed by atoms with Crippen LogP contribution in [0.5, 0.6) is 0 Å². The molecule has 40 heavy (non-hydrogen) atoms. The minimum absolute atomic E-state index is 0.126. The van der Waals surface area contributed by atoms with Gasteiger partial charge in [-0.2, -0.15) is 10.4 Å². The third kappa shape index (κ3) is 6.41. The lowest BCUT2D eigenvalue weighted by atomic mass is 9.93. The summed E-state index contributed by atoms with van der Waals surface area (Å²) in [5, 5.41) is 14.6. The first-order valence-electron chi connectivity index (χ1n) is 13.0. The molecule has 9 heteroatoms. The number of thioether (sulfide) groups is 1. The van der Waals surface area contributed by atoms with Crippen LogP contribution in [-0.4, -0.2) is 51.4 Å². The molecule has 2 heterocycles. The highest BCUT2D eigenvalue weighted by molar-refractivity contribution is 7.99. The molecule has 0 spiro atoms. The molecule has 1 aliphatic heterocycles. The molecule has 0 saturated heterocycles. The summed E-state index contributed by atoms with van der Waals surface area (Å²) in [6.07, 6.45) is 5.80. The van der Waals surface area contributed by atoms with Crippen LogP contribution < -0.4 is 0 Å². The molecule has 0 N–H and O–H groups in total. The lowest BCUT2D eigenvalue weighted by molar-refractivity contribution is -0.147. The second-order valence-electron chi connectivity index (χ2n) is 9.21. The van der Waals surface area contributed by atoms with E-state index in [-0.39, 0.29) is 24.3 Å². The van der Waals surface area contributed by atoms with E-state index in [1.54, 1.807) is 17.7 Å². The molecule has 3 aromatic rings. The molecule has 0 saturated carbocycles. The normalized spacial score (nSPS) is 14.6. The molecule has 1 aliphatic rings. The van der Waals surface area contributed by atoms with Crippen molar-refractivity contribution in [3.63, 3.8) is 0 Å². The van der Waals surface area contributed by atoms with Gasteiger partial charge in [0.1, 0.15) is 18.2 Å². The van der Waals surface area contributed by atoms with E-state index in [4.69, 9.17) is 9.84 Å². The highest BCUT2D eigenvalue weighted by Gasteiger charge is 2.35. The molecule has 2 amide bonds. The molecular weight excluding hydrogens is 524 g/mol. The number of hydrogen-bond donors (Lipinski definition) is 0. The predicted octanol–water partition coefficient (Wildman–Crippen LogP) is 5.59. The minimum atomic E-state index is -0.703. The number of aromatic nitrogens is 2. The van der Waals surface area contributed by atoms with Crippen molar-refractivity contribution >= 4 is 35.6 Å². The van der Waals surface area contributed by atoms with E-state index in [2.05, 4.69) is 19.1 Å². The SMILES string of the molecule is CCCCSc1ccc(-c2nn(-c3ccccc3)cc2/C=C2/C(=O)N(CCOC(C)=O)C(=O)C(C#N)=C2C)cc1. The Labute approximate surface area is 237 Å². The van der Waals surface area contributed by atoms with Crippen molar-refractivity contribution in [2.24, 2.45) is 0 Å². The van der Waals surface area contributed by atoms with Crippen LogP contribution in [0.3, 0.4) is 0 Å². The van der Waals surface area contributed by atoms with E-state index in [1.165, 1.54) is 11.8 Å². The van der Waals surface area contributed by atoms with E-state index in [0.717, 1.165) is 34.7 Å². The molecule has 1 aromatic heterocycles. The maximum atomic E-state index is 13.5. The van der Waals surface area contributed by atoms with Crippen LogP contribution in [0, 0.1) is 11.3 Å². The first kappa shape index (κ1) is 28.6. The van der Waals surface area contributed by atoms with Gasteiger partial charge in [0.25, 0.3) is 11.8 Å². The largest absolute Gasteiger partial charge is 0.464 e. The van der Waals surface area contributed by atoms with Crippen LogP contribution in [0.2, 0.25) is 0 Å². The van der Waals surface area contributed by atoms with Gasteiger partial charge in [0.2, 0.25) is 0 Å². The molecule has 2 aromatic carbocycles. The number of amides is 2. The number of rotatable bonds is 10. The molecule has 4 rings (SSSR count). The zero-order chi connectivity index (χ0) is 28.6.